The molecule has 0 radical (unpaired) electrons. The molecule has 146 valence electrons. The third-order valence-corrected chi connectivity index (χ3v) is 10.7. The SMILES string of the molecule is C=C1[C@@H](C(=O)OCC)C(C)(C)[C@](O)(CO)C[C@@H]1O[Si](C)(C)C(C)(C)C. The molecule has 1 aliphatic rings. The molecular weight excluding hydrogens is 336 g/mol. The predicted molar refractivity (Wildman–Crippen MR) is 102 cm³/mol. The summed E-state index contributed by atoms with van der Waals surface area (Å²) >= 11 is 0. The molecule has 1 aliphatic carbocycles. The molecule has 5 nitrogen and oxygen atoms in total. The van der Waals surface area contributed by atoms with Crippen molar-refractivity contribution in [2.45, 2.75) is 77.8 Å². The van der Waals surface area contributed by atoms with Gasteiger partial charge in [0.1, 0.15) is 0 Å². The van der Waals surface area contributed by atoms with Crippen molar-refractivity contribution in [2.75, 3.05) is 13.2 Å². The number of hydrogen-bond donors (Lipinski definition) is 2. The molecule has 1 fully saturated rings. The van der Waals surface area contributed by atoms with Crippen molar-refractivity contribution in [2.24, 2.45) is 11.3 Å². The van der Waals surface area contributed by atoms with Gasteiger partial charge in [-0.15, -0.1) is 0 Å². The van der Waals surface area contributed by atoms with E-state index in [0.717, 1.165) is 0 Å². The third-order valence-electron chi connectivity index (χ3n) is 6.26. The van der Waals surface area contributed by atoms with Gasteiger partial charge in [-0.05, 0) is 30.6 Å². The molecule has 0 aliphatic heterocycles. The van der Waals surface area contributed by atoms with Gasteiger partial charge < -0.3 is 19.4 Å². The molecule has 0 bridgehead atoms. The van der Waals surface area contributed by atoms with Crippen LogP contribution in [0.1, 0.15) is 48.0 Å². The van der Waals surface area contributed by atoms with E-state index >= 15 is 0 Å². The van der Waals surface area contributed by atoms with Gasteiger partial charge in [-0.25, -0.2) is 0 Å². The Bertz CT molecular complexity index is 518. The molecule has 6 heteroatoms. The first-order valence-corrected chi connectivity index (χ1v) is 11.9. The molecule has 3 atom stereocenters. The topological polar surface area (TPSA) is 76.0 Å². The number of aliphatic hydroxyl groups is 2. The number of carbonyl (C=O) groups excluding carboxylic acids is 1. The summed E-state index contributed by atoms with van der Waals surface area (Å²) in [5, 5.41) is 21.0. The minimum absolute atomic E-state index is 0.0169. The van der Waals surface area contributed by atoms with Crippen molar-refractivity contribution in [3.63, 3.8) is 0 Å². The highest BCUT2D eigenvalue weighted by Gasteiger charge is 2.59. The van der Waals surface area contributed by atoms with E-state index in [1.807, 2.05) is 0 Å². The van der Waals surface area contributed by atoms with Crippen LogP contribution in [0.3, 0.4) is 0 Å². The highest BCUT2D eigenvalue weighted by molar-refractivity contribution is 6.74. The van der Waals surface area contributed by atoms with Crippen LogP contribution in [0.15, 0.2) is 12.2 Å². The highest BCUT2D eigenvalue weighted by atomic mass is 28.4. The van der Waals surface area contributed by atoms with Crippen LogP contribution >= 0.6 is 0 Å². The lowest BCUT2D eigenvalue weighted by Gasteiger charge is -2.54. The third kappa shape index (κ3) is 4.02. The average molecular weight is 373 g/mol. The lowest BCUT2D eigenvalue weighted by Crippen LogP contribution is -2.62. The zero-order valence-corrected chi connectivity index (χ0v) is 18.1. The van der Waals surface area contributed by atoms with Gasteiger partial charge >= 0.3 is 5.97 Å². The predicted octanol–water partition coefficient (Wildman–Crippen LogP) is 3.27. The van der Waals surface area contributed by atoms with Crippen molar-refractivity contribution in [1.29, 1.82) is 0 Å². The Morgan fingerprint density at radius 2 is 1.88 bits per heavy atom. The van der Waals surface area contributed by atoms with Crippen LogP contribution in [0, 0.1) is 11.3 Å². The summed E-state index contributed by atoms with van der Waals surface area (Å²) in [6.07, 6.45) is -0.266. The Morgan fingerprint density at radius 1 is 1.36 bits per heavy atom. The lowest BCUT2D eigenvalue weighted by molar-refractivity contribution is -0.181. The van der Waals surface area contributed by atoms with Crippen molar-refractivity contribution < 1.29 is 24.2 Å². The number of carbonyl (C=O) groups is 1. The second kappa shape index (κ2) is 7.14. The molecule has 0 amide bonds. The molecule has 0 saturated heterocycles. The summed E-state index contributed by atoms with van der Waals surface area (Å²) in [6.45, 7) is 19.9. The summed E-state index contributed by atoms with van der Waals surface area (Å²) in [5.41, 5.74) is -1.72. The fourth-order valence-corrected chi connectivity index (χ4v) is 4.51. The van der Waals surface area contributed by atoms with E-state index in [9.17, 15) is 15.0 Å². The number of esters is 1. The van der Waals surface area contributed by atoms with Crippen LogP contribution in [-0.4, -0.2) is 49.4 Å². The van der Waals surface area contributed by atoms with Crippen molar-refractivity contribution in [1.82, 2.24) is 0 Å². The smallest absolute Gasteiger partial charge is 0.313 e. The largest absolute Gasteiger partial charge is 0.466 e. The average Bonchev–Trinajstić information content (AvgIpc) is 2.43. The summed E-state index contributed by atoms with van der Waals surface area (Å²) in [6, 6.07) is 0. The van der Waals surface area contributed by atoms with Gasteiger partial charge in [-0.3, -0.25) is 4.79 Å². The summed E-state index contributed by atoms with van der Waals surface area (Å²) < 4.78 is 11.7. The number of rotatable bonds is 5. The van der Waals surface area contributed by atoms with Gasteiger partial charge in [-0.2, -0.15) is 0 Å². The summed E-state index contributed by atoms with van der Waals surface area (Å²) in [4.78, 5) is 12.6. The molecule has 0 spiro atoms. The van der Waals surface area contributed by atoms with E-state index < -0.39 is 43.9 Å². The quantitative estimate of drug-likeness (QED) is 0.440. The van der Waals surface area contributed by atoms with Crippen LogP contribution in [0.4, 0.5) is 0 Å². The Hall–Kier alpha value is -0.693. The molecule has 2 N–H and O–H groups in total. The Morgan fingerprint density at radius 3 is 2.28 bits per heavy atom. The zero-order chi connectivity index (χ0) is 19.8. The van der Waals surface area contributed by atoms with Gasteiger partial charge in [0.25, 0.3) is 0 Å². The molecule has 25 heavy (non-hydrogen) atoms. The van der Waals surface area contributed by atoms with Crippen LogP contribution < -0.4 is 0 Å². The molecule has 0 unspecified atom stereocenters. The second-order valence-electron chi connectivity index (χ2n) is 9.24. The van der Waals surface area contributed by atoms with E-state index in [1.165, 1.54) is 0 Å². The van der Waals surface area contributed by atoms with Gasteiger partial charge in [-0.1, -0.05) is 41.2 Å². The van der Waals surface area contributed by atoms with Crippen molar-refractivity contribution in [3.8, 4) is 0 Å². The van der Waals surface area contributed by atoms with Gasteiger partial charge in [0.15, 0.2) is 8.32 Å². The number of ether oxygens (including phenoxy) is 1. The van der Waals surface area contributed by atoms with Gasteiger partial charge in [0.05, 0.1) is 30.8 Å². The van der Waals surface area contributed by atoms with Crippen LogP contribution in [0.2, 0.25) is 18.1 Å². The van der Waals surface area contributed by atoms with E-state index in [4.69, 9.17) is 9.16 Å². The first-order valence-electron chi connectivity index (χ1n) is 9.01. The second-order valence-corrected chi connectivity index (χ2v) is 14.0. The van der Waals surface area contributed by atoms with E-state index in [-0.39, 0.29) is 18.1 Å². The van der Waals surface area contributed by atoms with Crippen molar-refractivity contribution >= 4 is 14.3 Å². The normalized spacial score (nSPS) is 30.2. The number of hydrogen-bond acceptors (Lipinski definition) is 5. The van der Waals surface area contributed by atoms with E-state index in [2.05, 4.69) is 40.4 Å². The maximum absolute atomic E-state index is 12.6. The van der Waals surface area contributed by atoms with Gasteiger partial charge in [0, 0.05) is 11.8 Å². The maximum atomic E-state index is 12.6. The highest BCUT2D eigenvalue weighted by Crippen LogP contribution is 2.52. The maximum Gasteiger partial charge on any atom is 0.313 e. The fourth-order valence-electron chi connectivity index (χ4n) is 3.21. The Balaban J connectivity index is 3.30. The zero-order valence-electron chi connectivity index (χ0n) is 17.1. The molecule has 1 rings (SSSR count). The Labute approximate surface area is 153 Å². The minimum Gasteiger partial charge on any atom is -0.466 e. The van der Waals surface area contributed by atoms with Gasteiger partial charge in [0.2, 0.25) is 0 Å². The lowest BCUT2D eigenvalue weighted by atomic mass is 9.57. The number of aliphatic hydroxyl groups excluding tert-OH is 1. The molecular formula is C19H36O5Si. The minimum atomic E-state index is -2.14. The first-order chi connectivity index (χ1) is 11.1. The van der Waals surface area contributed by atoms with Crippen LogP contribution in [-0.2, 0) is 14.0 Å². The Kier molecular flexibility index (Phi) is 6.38. The molecule has 0 aromatic heterocycles. The molecule has 0 aromatic carbocycles. The van der Waals surface area contributed by atoms with Crippen molar-refractivity contribution in [3.05, 3.63) is 12.2 Å². The summed E-state index contributed by atoms with van der Waals surface area (Å²) in [7, 11) is -2.14. The van der Waals surface area contributed by atoms with Crippen LogP contribution in [0.5, 0.6) is 0 Å². The molecule has 0 heterocycles. The molecule has 1 saturated carbocycles. The summed E-state index contributed by atoms with van der Waals surface area (Å²) in [5.74, 6) is -1.15. The van der Waals surface area contributed by atoms with E-state index in [1.54, 1.807) is 20.8 Å². The standard InChI is InChI=1S/C19H36O5Si/c1-10-23-16(21)15-13(2)14(24-25(8,9)17(3,4)5)11-19(22,12-20)18(15,6)7/h14-15,20,22H,2,10-12H2,1,3-9H3/t14-,15-,19+/m0/s1. The molecule has 0 aromatic rings. The first kappa shape index (κ1) is 22.3. The fraction of sp³-hybridized carbons (Fsp3) is 0.842. The van der Waals surface area contributed by atoms with Crippen LogP contribution in [0.25, 0.3) is 0 Å². The monoisotopic (exact) mass is 372 g/mol. The van der Waals surface area contributed by atoms with E-state index in [0.29, 0.717) is 5.57 Å².